The molecular formula is C18H29N7O. The molecule has 0 radical (unpaired) electrons. The first-order chi connectivity index (χ1) is 12.5. The molecule has 0 bridgehead atoms. The molecular weight excluding hydrogens is 330 g/mol. The van der Waals surface area contributed by atoms with Crippen LogP contribution in [0.3, 0.4) is 0 Å². The number of nitrogens with one attached hydrogen (secondary N) is 2. The lowest BCUT2D eigenvalue weighted by Gasteiger charge is -2.16. The van der Waals surface area contributed by atoms with Gasteiger partial charge in [-0.05, 0) is 30.9 Å². The van der Waals surface area contributed by atoms with Crippen LogP contribution in [-0.2, 0) is 20.1 Å². The van der Waals surface area contributed by atoms with Gasteiger partial charge in [-0.25, -0.2) is 9.97 Å². The second-order valence-electron chi connectivity index (χ2n) is 6.64. The van der Waals surface area contributed by atoms with Crippen LogP contribution in [0.4, 0.5) is 0 Å². The van der Waals surface area contributed by atoms with E-state index in [0.717, 1.165) is 17.8 Å². The fourth-order valence-corrected chi connectivity index (χ4v) is 2.59. The van der Waals surface area contributed by atoms with E-state index in [-0.39, 0.29) is 6.10 Å². The molecule has 0 aliphatic carbocycles. The summed E-state index contributed by atoms with van der Waals surface area (Å²) in [7, 11) is 3.60. The smallest absolute Gasteiger partial charge is 0.213 e. The van der Waals surface area contributed by atoms with E-state index < -0.39 is 0 Å². The number of hydrogen-bond acceptors (Lipinski definition) is 5. The van der Waals surface area contributed by atoms with Gasteiger partial charge in [-0.1, -0.05) is 13.8 Å². The third-order valence-electron chi connectivity index (χ3n) is 3.83. The molecule has 0 aromatic carbocycles. The summed E-state index contributed by atoms with van der Waals surface area (Å²) < 4.78 is 7.63. The van der Waals surface area contributed by atoms with E-state index in [9.17, 15) is 0 Å². The molecule has 2 aromatic rings. The molecule has 1 unspecified atom stereocenters. The Morgan fingerprint density at radius 1 is 1.23 bits per heavy atom. The van der Waals surface area contributed by atoms with Gasteiger partial charge < -0.3 is 15.4 Å². The van der Waals surface area contributed by atoms with Crippen LogP contribution in [0.2, 0.25) is 0 Å². The number of rotatable bonds is 8. The zero-order chi connectivity index (χ0) is 18.9. The van der Waals surface area contributed by atoms with Gasteiger partial charge in [0.15, 0.2) is 5.96 Å². The van der Waals surface area contributed by atoms with Crippen molar-refractivity contribution in [3.63, 3.8) is 0 Å². The summed E-state index contributed by atoms with van der Waals surface area (Å²) in [5.41, 5.74) is 1.08. The van der Waals surface area contributed by atoms with Gasteiger partial charge in [0.05, 0.1) is 12.6 Å². The molecule has 26 heavy (non-hydrogen) atoms. The molecule has 2 aromatic heterocycles. The third-order valence-corrected chi connectivity index (χ3v) is 3.83. The number of aryl methyl sites for hydroxylation is 1. The van der Waals surface area contributed by atoms with Gasteiger partial charge in [0.2, 0.25) is 5.88 Å². The maximum Gasteiger partial charge on any atom is 0.213 e. The average molecular weight is 359 g/mol. The van der Waals surface area contributed by atoms with Gasteiger partial charge in [0, 0.05) is 32.9 Å². The molecule has 1 atom stereocenters. The van der Waals surface area contributed by atoms with Crippen molar-refractivity contribution in [2.75, 3.05) is 7.05 Å². The topological polar surface area (TPSA) is 89.2 Å². The van der Waals surface area contributed by atoms with E-state index in [1.54, 1.807) is 17.9 Å². The minimum Gasteiger partial charge on any atom is -0.475 e. The van der Waals surface area contributed by atoms with Gasteiger partial charge in [-0.3, -0.25) is 9.67 Å². The number of hydrogen-bond donors (Lipinski definition) is 2. The van der Waals surface area contributed by atoms with Crippen LogP contribution in [0.1, 0.15) is 38.6 Å². The second kappa shape index (κ2) is 9.74. The van der Waals surface area contributed by atoms with Crippen molar-refractivity contribution in [3.05, 3.63) is 36.0 Å². The molecule has 2 N–H and O–H groups in total. The first kappa shape index (κ1) is 19.7. The van der Waals surface area contributed by atoms with Crippen molar-refractivity contribution >= 4 is 5.96 Å². The van der Waals surface area contributed by atoms with E-state index in [4.69, 9.17) is 4.74 Å². The minimum atomic E-state index is 0.145. The molecule has 8 nitrogen and oxygen atoms in total. The maximum atomic E-state index is 5.91. The average Bonchev–Trinajstić information content (AvgIpc) is 2.99. The Morgan fingerprint density at radius 3 is 2.65 bits per heavy atom. The number of nitrogens with zero attached hydrogens (tertiary/aromatic N) is 5. The van der Waals surface area contributed by atoms with Crippen LogP contribution < -0.4 is 15.4 Å². The largest absolute Gasteiger partial charge is 0.475 e. The van der Waals surface area contributed by atoms with Crippen molar-refractivity contribution in [3.8, 4) is 5.88 Å². The van der Waals surface area contributed by atoms with E-state index >= 15 is 0 Å². The van der Waals surface area contributed by atoms with Crippen LogP contribution in [-0.4, -0.2) is 38.9 Å². The highest BCUT2D eigenvalue weighted by atomic mass is 16.5. The monoisotopic (exact) mass is 359 g/mol. The van der Waals surface area contributed by atoms with Crippen molar-refractivity contribution in [2.24, 2.45) is 18.0 Å². The molecule has 0 saturated heterocycles. The highest BCUT2D eigenvalue weighted by molar-refractivity contribution is 5.79. The Hall–Kier alpha value is -2.64. The molecule has 0 saturated carbocycles. The summed E-state index contributed by atoms with van der Waals surface area (Å²) in [6, 6.07) is 3.92. The number of pyridine rings is 1. The molecule has 0 fully saturated rings. The molecule has 0 spiro atoms. The normalized spacial score (nSPS) is 12.9. The van der Waals surface area contributed by atoms with E-state index in [0.29, 0.717) is 30.8 Å². The third kappa shape index (κ3) is 6.34. The Balaban J connectivity index is 1.85. The van der Waals surface area contributed by atoms with Gasteiger partial charge in [-0.2, -0.15) is 5.10 Å². The SMILES string of the molecule is CN=C(NCc1ccnc(OC(C)CC(C)C)c1)NCc1ncnn1C. The van der Waals surface area contributed by atoms with Crippen molar-refractivity contribution < 1.29 is 4.74 Å². The summed E-state index contributed by atoms with van der Waals surface area (Å²) in [4.78, 5) is 12.7. The van der Waals surface area contributed by atoms with Crippen molar-refractivity contribution in [1.29, 1.82) is 0 Å². The maximum absolute atomic E-state index is 5.91. The highest BCUT2D eigenvalue weighted by Crippen LogP contribution is 2.14. The summed E-state index contributed by atoms with van der Waals surface area (Å²) in [6.07, 6.45) is 4.45. The van der Waals surface area contributed by atoms with Crippen molar-refractivity contribution in [2.45, 2.75) is 46.4 Å². The fraction of sp³-hybridized carbons (Fsp3) is 0.556. The Bertz CT molecular complexity index is 711. The molecule has 8 heteroatoms. The van der Waals surface area contributed by atoms with Gasteiger partial charge in [0.25, 0.3) is 0 Å². The quantitative estimate of drug-likeness (QED) is 0.553. The molecule has 0 aliphatic heterocycles. The van der Waals surface area contributed by atoms with Crippen LogP contribution in [0.15, 0.2) is 29.6 Å². The first-order valence-corrected chi connectivity index (χ1v) is 8.87. The molecule has 0 amide bonds. The zero-order valence-corrected chi connectivity index (χ0v) is 16.2. The first-order valence-electron chi connectivity index (χ1n) is 8.87. The predicted molar refractivity (Wildman–Crippen MR) is 102 cm³/mol. The number of ether oxygens (including phenoxy) is 1. The summed E-state index contributed by atoms with van der Waals surface area (Å²) in [5.74, 6) is 2.78. The lowest BCUT2D eigenvalue weighted by molar-refractivity contribution is 0.185. The van der Waals surface area contributed by atoms with Gasteiger partial charge in [-0.15, -0.1) is 0 Å². The Morgan fingerprint density at radius 2 is 2.00 bits per heavy atom. The molecule has 2 heterocycles. The predicted octanol–water partition coefficient (Wildman–Crippen LogP) is 1.89. The molecule has 2 rings (SSSR count). The Labute approximate surface area is 155 Å². The van der Waals surface area contributed by atoms with Crippen LogP contribution in [0.5, 0.6) is 5.88 Å². The highest BCUT2D eigenvalue weighted by Gasteiger charge is 2.08. The zero-order valence-electron chi connectivity index (χ0n) is 16.2. The van der Waals surface area contributed by atoms with Crippen molar-refractivity contribution in [1.82, 2.24) is 30.4 Å². The lowest BCUT2D eigenvalue weighted by Crippen LogP contribution is -2.37. The number of guanidine groups is 1. The Kier molecular flexibility index (Phi) is 7.37. The second-order valence-corrected chi connectivity index (χ2v) is 6.64. The molecule has 0 aliphatic rings. The fourth-order valence-electron chi connectivity index (χ4n) is 2.59. The summed E-state index contributed by atoms with van der Waals surface area (Å²) in [6.45, 7) is 7.62. The van der Waals surface area contributed by atoms with E-state index in [2.05, 4.69) is 51.5 Å². The molecule has 142 valence electrons. The van der Waals surface area contributed by atoms with E-state index in [1.165, 1.54) is 6.33 Å². The minimum absolute atomic E-state index is 0.145. The van der Waals surface area contributed by atoms with Gasteiger partial charge in [0.1, 0.15) is 12.2 Å². The standard InChI is InChI=1S/C18H29N7O/c1-13(2)8-14(3)26-17-9-15(6-7-20-17)10-21-18(19-4)22-11-16-23-12-24-25(16)5/h6-7,9,12-14H,8,10-11H2,1-5H3,(H2,19,21,22). The van der Waals surface area contributed by atoms with Crippen LogP contribution in [0, 0.1) is 5.92 Å². The van der Waals surface area contributed by atoms with Crippen LogP contribution in [0.25, 0.3) is 0 Å². The number of aliphatic imine (C=N–C) groups is 1. The summed E-state index contributed by atoms with van der Waals surface area (Å²) in [5, 5.41) is 10.5. The lowest BCUT2D eigenvalue weighted by atomic mass is 10.1. The van der Waals surface area contributed by atoms with E-state index in [1.807, 2.05) is 19.2 Å². The number of aromatic nitrogens is 4. The van der Waals surface area contributed by atoms with Gasteiger partial charge >= 0.3 is 0 Å². The van der Waals surface area contributed by atoms with Crippen LogP contribution >= 0.6 is 0 Å². The summed E-state index contributed by atoms with van der Waals surface area (Å²) >= 11 is 0.